The van der Waals surface area contributed by atoms with E-state index in [0.717, 1.165) is 51.4 Å². The van der Waals surface area contributed by atoms with Gasteiger partial charge in [-0.25, -0.2) is 0 Å². The second-order valence-corrected chi connectivity index (χ2v) is 8.44. The van der Waals surface area contributed by atoms with Crippen LogP contribution in [0.2, 0.25) is 0 Å². The van der Waals surface area contributed by atoms with Gasteiger partial charge in [0.2, 0.25) is 0 Å². The van der Waals surface area contributed by atoms with Crippen LogP contribution in [0.4, 0.5) is 0 Å². The highest BCUT2D eigenvalue weighted by atomic mass is 16.6. The van der Waals surface area contributed by atoms with Crippen LogP contribution in [0.25, 0.3) is 0 Å². The van der Waals surface area contributed by atoms with Gasteiger partial charge in [-0.1, -0.05) is 44.8 Å². The Labute approximate surface area is 155 Å². The fourth-order valence-corrected chi connectivity index (χ4v) is 5.25. The van der Waals surface area contributed by atoms with Crippen LogP contribution >= 0.6 is 0 Å². The zero-order valence-electron chi connectivity index (χ0n) is 15.7. The summed E-state index contributed by atoms with van der Waals surface area (Å²) in [6.45, 7) is 6.37. The van der Waals surface area contributed by atoms with Crippen LogP contribution in [-0.4, -0.2) is 40.3 Å². The first-order valence-electron chi connectivity index (χ1n) is 10.2. The summed E-state index contributed by atoms with van der Waals surface area (Å²) in [5, 5.41) is 20.0. The number of carbonyl (C=O) groups excluding carboxylic acids is 1. The van der Waals surface area contributed by atoms with Crippen molar-refractivity contribution in [2.45, 2.75) is 83.0 Å². The van der Waals surface area contributed by atoms with E-state index in [1.807, 2.05) is 0 Å². The number of aliphatic hydroxyl groups is 1. The van der Waals surface area contributed by atoms with E-state index in [-0.39, 0.29) is 12.0 Å². The molecule has 1 heterocycles. The van der Waals surface area contributed by atoms with Crippen molar-refractivity contribution in [3.8, 4) is 0 Å². The van der Waals surface area contributed by atoms with E-state index in [1.165, 1.54) is 12.0 Å². The van der Waals surface area contributed by atoms with E-state index in [0.29, 0.717) is 11.8 Å². The zero-order valence-corrected chi connectivity index (χ0v) is 15.7. The lowest BCUT2D eigenvalue weighted by Crippen LogP contribution is -2.41. The molecule has 1 saturated heterocycles. The number of ketones is 1. The number of carboxylic acid groups (broad SMARTS) is 1. The molecule has 1 aliphatic heterocycles. The van der Waals surface area contributed by atoms with Crippen molar-refractivity contribution in [3.05, 3.63) is 12.2 Å². The summed E-state index contributed by atoms with van der Waals surface area (Å²) in [4.78, 5) is 24.2. The molecule has 0 bridgehead atoms. The SMILES string of the molecule is C=C1CC[C@H](CCC)[C@H]1C[C@H]1OC1C(=O)C(O)C(C(=O)O)C1CCCC1. The van der Waals surface area contributed by atoms with E-state index in [9.17, 15) is 19.8 Å². The molecule has 0 aromatic rings. The summed E-state index contributed by atoms with van der Waals surface area (Å²) in [6.07, 6.45) is 6.51. The van der Waals surface area contributed by atoms with Gasteiger partial charge in [0.15, 0.2) is 5.78 Å². The predicted octanol–water partition coefficient (Wildman–Crippen LogP) is 3.35. The number of rotatable bonds is 9. The van der Waals surface area contributed by atoms with Crippen molar-refractivity contribution in [3.63, 3.8) is 0 Å². The lowest BCUT2D eigenvalue weighted by molar-refractivity contribution is -0.153. The van der Waals surface area contributed by atoms with Crippen molar-refractivity contribution in [1.29, 1.82) is 0 Å². The maximum atomic E-state index is 12.6. The highest BCUT2D eigenvalue weighted by molar-refractivity contribution is 5.93. The topological polar surface area (TPSA) is 87.1 Å². The molecule has 0 spiro atoms. The Hall–Kier alpha value is -1.20. The monoisotopic (exact) mass is 364 g/mol. The van der Waals surface area contributed by atoms with Crippen LogP contribution in [-0.2, 0) is 14.3 Å². The minimum atomic E-state index is -1.45. The van der Waals surface area contributed by atoms with Gasteiger partial charge in [-0.2, -0.15) is 0 Å². The lowest BCUT2D eigenvalue weighted by Gasteiger charge is -2.23. The normalized spacial score (nSPS) is 34.0. The summed E-state index contributed by atoms with van der Waals surface area (Å²) in [5.41, 5.74) is 1.25. The second kappa shape index (κ2) is 8.22. The molecule has 0 aromatic carbocycles. The maximum Gasteiger partial charge on any atom is 0.309 e. The van der Waals surface area contributed by atoms with Gasteiger partial charge in [0.05, 0.1) is 12.0 Å². The third-order valence-corrected chi connectivity index (χ3v) is 6.76. The summed E-state index contributed by atoms with van der Waals surface area (Å²) >= 11 is 0. The predicted molar refractivity (Wildman–Crippen MR) is 97.6 cm³/mol. The highest BCUT2D eigenvalue weighted by Gasteiger charge is 2.52. The number of carboxylic acids is 1. The molecule has 3 rings (SSSR count). The van der Waals surface area contributed by atoms with Gasteiger partial charge >= 0.3 is 5.97 Å². The summed E-state index contributed by atoms with van der Waals surface area (Å²) in [6, 6.07) is 0. The molecule has 3 fully saturated rings. The van der Waals surface area contributed by atoms with Gasteiger partial charge in [0.1, 0.15) is 12.2 Å². The number of hydrogen-bond donors (Lipinski definition) is 2. The number of ether oxygens (including phenoxy) is 1. The first-order valence-corrected chi connectivity index (χ1v) is 10.2. The lowest BCUT2D eigenvalue weighted by atomic mass is 9.82. The van der Waals surface area contributed by atoms with Crippen LogP contribution in [0.5, 0.6) is 0 Å². The Morgan fingerprint density at radius 3 is 2.58 bits per heavy atom. The third-order valence-electron chi connectivity index (χ3n) is 6.76. The molecule has 0 aromatic heterocycles. The summed E-state index contributed by atoms with van der Waals surface area (Å²) in [5.74, 6) is -1.61. The van der Waals surface area contributed by atoms with Gasteiger partial charge in [-0.15, -0.1) is 0 Å². The van der Waals surface area contributed by atoms with E-state index in [4.69, 9.17) is 4.74 Å². The van der Waals surface area contributed by atoms with Crippen LogP contribution in [0, 0.1) is 23.7 Å². The number of aliphatic hydroxyl groups excluding tert-OH is 1. The van der Waals surface area contributed by atoms with Gasteiger partial charge in [0.25, 0.3) is 0 Å². The highest BCUT2D eigenvalue weighted by Crippen LogP contribution is 2.45. The van der Waals surface area contributed by atoms with Crippen molar-refractivity contribution in [2.24, 2.45) is 23.7 Å². The molecule has 3 unspecified atom stereocenters. The van der Waals surface area contributed by atoms with Gasteiger partial charge < -0.3 is 14.9 Å². The Morgan fingerprint density at radius 1 is 1.27 bits per heavy atom. The standard InChI is InChI=1S/C21H32O5/c1-3-6-13-10-9-12(2)15(13)11-16-20(26-16)19(23)18(22)17(21(24)25)14-7-4-5-8-14/h13-18,20,22H,2-11H2,1H3,(H,24,25)/t13-,15-,16+,17?,18?,20?/m0/s1. The molecule has 146 valence electrons. The Kier molecular flexibility index (Phi) is 6.18. The molecule has 2 saturated carbocycles. The Balaban J connectivity index is 1.57. The quantitative estimate of drug-likeness (QED) is 0.484. The van der Waals surface area contributed by atoms with E-state index in [1.54, 1.807) is 0 Å². The smallest absolute Gasteiger partial charge is 0.309 e. The fourth-order valence-electron chi connectivity index (χ4n) is 5.25. The average Bonchev–Trinajstić information content (AvgIpc) is 2.99. The molecule has 3 aliphatic rings. The molecular formula is C21H32O5. The summed E-state index contributed by atoms with van der Waals surface area (Å²) in [7, 11) is 0. The minimum absolute atomic E-state index is 0.104. The second-order valence-electron chi connectivity index (χ2n) is 8.44. The van der Waals surface area contributed by atoms with E-state index >= 15 is 0 Å². The minimum Gasteiger partial charge on any atom is -0.481 e. The van der Waals surface area contributed by atoms with Crippen LogP contribution in [0.3, 0.4) is 0 Å². The van der Waals surface area contributed by atoms with Crippen LogP contribution in [0.15, 0.2) is 12.2 Å². The van der Waals surface area contributed by atoms with E-state index in [2.05, 4.69) is 13.5 Å². The molecular weight excluding hydrogens is 332 g/mol. The van der Waals surface area contributed by atoms with Gasteiger partial charge in [0, 0.05) is 0 Å². The zero-order chi connectivity index (χ0) is 18.8. The number of aliphatic carboxylic acids is 1. The van der Waals surface area contributed by atoms with Crippen molar-refractivity contribution in [2.75, 3.05) is 0 Å². The average molecular weight is 364 g/mol. The van der Waals surface area contributed by atoms with Gasteiger partial charge in [-0.3, -0.25) is 9.59 Å². The molecule has 5 nitrogen and oxygen atoms in total. The first kappa shape index (κ1) is 19.6. The van der Waals surface area contributed by atoms with Crippen molar-refractivity contribution < 1.29 is 24.5 Å². The van der Waals surface area contributed by atoms with E-state index < -0.39 is 29.9 Å². The molecule has 5 heteroatoms. The third kappa shape index (κ3) is 4.04. The number of carbonyl (C=O) groups is 2. The fraction of sp³-hybridized carbons (Fsp3) is 0.810. The molecule has 0 amide bonds. The van der Waals surface area contributed by atoms with Gasteiger partial charge in [-0.05, 0) is 49.9 Å². The molecule has 2 aliphatic carbocycles. The number of epoxide rings is 1. The molecule has 2 N–H and O–H groups in total. The Bertz CT molecular complexity index is 551. The van der Waals surface area contributed by atoms with Crippen LogP contribution in [0.1, 0.15) is 64.7 Å². The largest absolute Gasteiger partial charge is 0.481 e. The maximum absolute atomic E-state index is 12.6. The molecule has 26 heavy (non-hydrogen) atoms. The summed E-state index contributed by atoms with van der Waals surface area (Å²) < 4.78 is 5.59. The molecule has 0 radical (unpaired) electrons. The van der Waals surface area contributed by atoms with Crippen LogP contribution < -0.4 is 0 Å². The van der Waals surface area contributed by atoms with Crippen molar-refractivity contribution in [1.82, 2.24) is 0 Å². The Morgan fingerprint density at radius 2 is 1.96 bits per heavy atom. The first-order chi connectivity index (χ1) is 12.4. The van der Waals surface area contributed by atoms with Crippen molar-refractivity contribution >= 4 is 11.8 Å². The molecule has 6 atom stereocenters. The number of allylic oxidation sites excluding steroid dienone is 1. The number of Topliss-reactive ketones (excluding diaryl/α,β-unsaturated/α-hetero) is 1. The number of hydrogen-bond acceptors (Lipinski definition) is 4.